The first-order valence-electron chi connectivity index (χ1n) is 5.95. The standard InChI is InChI=1S/C15H14O2/c16-14-9-12-7-4-8-17-10-13(12)15(14)11-5-2-1-3-6-11/h1-3,5-7H,4,8-10H2. The Labute approximate surface area is 101 Å². The quantitative estimate of drug-likeness (QED) is 0.736. The number of carbonyl (C=O) groups excluding carboxylic acids is 1. The fourth-order valence-corrected chi connectivity index (χ4v) is 2.49. The van der Waals surface area contributed by atoms with Crippen LogP contribution in [-0.4, -0.2) is 19.0 Å². The van der Waals surface area contributed by atoms with Gasteiger partial charge in [0.15, 0.2) is 5.78 Å². The molecule has 0 saturated carbocycles. The van der Waals surface area contributed by atoms with Crippen LogP contribution in [0.1, 0.15) is 18.4 Å². The number of carbonyl (C=O) groups is 1. The van der Waals surface area contributed by atoms with Crippen LogP contribution < -0.4 is 0 Å². The summed E-state index contributed by atoms with van der Waals surface area (Å²) in [6.45, 7) is 1.32. The first kappa shape index (κ1) is 10.5. The van der Waals surface area contributed by atoms with E-state index in [2.05, 4.69) is 6.08 Å². The van der Waals surface area contributed by atoms with Crippen molar-refractivity contribution in [1.82, 2.24) is 0 Å². The van der Waals surface area contributed by atoms with Crippen LogP contribution in [-0.2, 0) is 9.53 Å². The van der Waals surface area contributed by atoms with Gasteiger partial charge in [0, 0.05) is 12.0 Å². The fourth-order valence-electron chi connectivity index (χ4n) is 2.49. The molecule has 0 bridgehead atoms. The summed E-state index contributed by atoms with van der Waals surface area (Å²) in [5.41, 5.74) is 4.14. The Morgan fingerprint density at radius 3 is 2.76 bits per heavy atom. The van der Waals surface area contributed by atoms with Crippen LogP contribution in [0, 0.1) is 0 Å². The second-order valence-electron chi connectivity index (χ2n) is 4.39. The lowest BCUT2D eigenvalue weighted by Gasteiger charge is -2.06. The van der Waals surface area contributed by atoms with Gasteiger partial charge in [0.2, 0.25) is 0 Å². The third-order valence-corrected chi connectivity index (χ3v) is 3.28. The minimum atomic E-state index is 0.225. The van der Waals surface area contributed by atoms with Crippen molar-refractivity contribution in [2.75, 3.05) is 13.2 Å². The van der Waals surface area contributed by atoms with Gasteiger partial charge in [0.05, 0.1) is 13.2 Å². The Kier molecular flexibility index (Phi) is 2.65. The number of hydrogen-bond donors (Lipinski definition) is 0. The fraction of sp³-hybridized carbons (Fsp3) is 0.267. The number of hydrogen-bond acceptors (Lipinski definition) is 2. The predicted molar refractivity (Wildman–Crippen MR) is 66.5 cm³/mol. The molecule has 2 aliphatic rings. The van der Waals surface area contributed by atoms with E-state index in [0.29, 0.717) is 13.0 Å². The van der Waals surface area contributed by atoms with Crippen LogP contribution in [0.25, 0.3) is 5.57 Å². The van der Waals surface area contributed by atoms with Gasteiger partial charge >= 0.3 is 0 Å². The van der Waals surface area contributed by atoms with Gasteiger partial charge in [-0.15, -0.1) is 0 Å². The van der Waals surface area contributed by atoms with Gasteiger partial charge in [-0.1, -0.05) is 36.4 Å². The highest BCUT2D eigenvalue weighted by molar-refractivity contribution is 6.26. The van der Waals surface area contributed by atoms with Crippen molar-refractivity contribution in [3.05, 3.63) is 53.1 Å². The van der Waals surface area contributed by atoms with Gasteiger partial charge in [-0.25, -0.2) is 0 Å². The molecule has 1 heterocycles. The average Bonchev–Trinajstić information content (AvgIpc) is 2.52. The zero-order valence-electron chi connectivity index (χ0n) is 9.61. The van der Waals surface area contributed by atoms with Crippen molar-refractivity contribution in [2.45, 2.75) is 12.8 Å². The van der Waals surface area contributed by atoms with E-state index in [9.17, 15) is 4.79 Å². The Bertz CT molecular complexity index is 509. The maximum atomic E-state index is 12.1. The molecule has 0 spiro atoms. The summed E-state index contributed by atoms with van der Waals surface area (Å²) in [4.78, 5) is 12.1. The minimum Gasteiger partial charge on any atom is -0.376 e. The summed E-state index contributed by atoms with van der Waals surface area (Å²) >= 11 is 0. The van der Waals surface area contributed by atoms with E-state index in [1.807, 2.05) is 30.3 Å². The largest absolute Gasteiger partial charge is 0.376 e. The lowest BCUT2D eigenvalue weighted by Crippen LogP contribution is -2.00. The molecule has 0 N–H and O–H groups in total. The Morgan fingerprint density at radius 1 is 1.12 bits per heavy atom. The van der Waals surface area contributed by atoms with Gasteiger partial charge in [-0.2, -0.15) is 0 Å². The van der Waals surface area contributed by atoms with E-state index in [1.165, 1.54) is 5.57 Å². The zero-order valence-corrected chi connectivity index (χ0v) is 9.61. The van der Waals surface area contributed by atoms with E-state index in [0.717, 1.165) is 29.7 Å². The number of ketones is 1. The van der Waals surface area contributed by atoms with Crippen LogP contribution in [0.4, 0.5) is 0 Å². The summed E-state index contributed by atoms with van der Waals surface area (Å²) in [5.74, 6) is 0.225. The van der Waals surface area contributed by atoms with E-state index in [4.69, 9.17) is 4.74 Å². The summed E-state index contributed by atoms with van der Waals surface area (Å²) in [7, 11) is 0. The van der Waals surface area contributed by atoms with Gasteiger partial charge in [-0.3, -0.25) is 4.79 Å². The van der Waals surface area contributed by atoms with Crippen LogP contribution >= 0.6 is 0 Å². The molecule has 17 heavy (non-hydrogen) atoms. The van der Waals surface area contributed by atoms with Crippen molar-refractivity contribution in [3.8, 4) is 0 Å². The molecule has 0 saturated heterocycles. The van der Waals surface area contributed by atoms with E-state index >= 15 is 0 Å². The van der Waals surface area contributed by atoms with Crippen molar-refractivity contribution >= 4 is 11.4 Å². The van der Waals surface area contributed by atoms with Crippen LogP contribution in [0.15, 0.2) is 47.6 Å². The molecule has 1 aromatic rings. The van der Waals surface area contributed by atoms with Crippen molar-refractivity contribution < 1.29 is 9.53 Å². The van der Waals surface area contributed by atoms with Crippen molar-refractivity contribution in [3.63, 3.8) is 0 Å². The molecule has 1 aliphatic heterocycles. The van der Waals surface area contributed by atoms with Crippen molar-refractivity contribution in [1.29, 1.82) is 0 Å². The third-order valence-electron chi connectivity index (χ3n) is 3.28. The Hall–Kier alpha value is -1.67. The molecule has 2 nitrogen and oxygen atoms in total. The molecular weight excluding hydrogens is 212 g/mol. The highest BCUT2D eigenvalue weighted by Crippen LogP contribution is 2.36. The normalized spacial score (nSPS) is 20.0. The maximum absolute atomic E-state index is 12.1. The van der Waals surface area contributed by atoms with Crippen LogP contribution in [0.3, 0.4) is 0 Å². The summed E-state index contributed by atoms with van der Waals surface area (Å²) < 4.78 is 5.55. The lowest BCUT2D eigenvalue weighted by molar-refractivity contribution is -0.112. The van der Waals surface area contributed by atoms with Gasteiger partial charge in [-0.05, 0) is 23.1 Å². The Balaban J connectivity index is 2.12. The van der Waals surface area contributed by atoms with Crippen LogP contribution in [0.2, 0.25) is 0 Å². The number of fused-ring (bicyclic) bond motifs is 1. The van der Waals surface area contributed by atoms with E-state index in [-0.39, 0.29) is 5.78 Å². The molecule has 1 aliphatic carbocycles. The maximum Gasteiger partial charge on any atom is 0.168 e. The van der Waals surface area contributed by atoms with E-state index < -0.39 is 0 Å². The topological polar surface area (TPSA) is 26.3 Å². The molecule has 0 amide bonds. The number of Topliss-reactive ketones (excluding diaryl/α,β-unsaturated/α-hetero) is 1. The summed E-state index contributed by atoms with van der Waals surface area (Å²) in [6.07, 6.45) is 3.60. The van der Waals surface area contributed by atoms with Crippen molar-refractivity contribution in [2.24, 2.45) is 0 Å². The highest BCUT2D eigenvalue weighted by atomic mass is 16.5. The van der Waals surface area contributed by atoms with Crippen LogP contribution in [0.5, 0.6) is 0 Å². The summed E-state index contributed by atoms with van der Waals surface area (Å²) in [5, 5.41) is 0. The first-order chi connectivity index (χ1) is 8.36. The lowest BCUT2D eigenvalue weighted by atomic mass is 10.0. The van der Waals surface area contributed by atoms with Gasteiger partial charge in [0.1, 0.15) is 0 Å². The monoisotopic (exact) mass is 226 g/mol. The molecule has 0 unspecified atom stereocenters. The molecule has 0 atom stereocenters. The molecule has 0 aromatic heterocycles. The van der Waals surface area contributed by atoms with E-state index in [1.54, 1.807) is 0 Å². The number of benzene rings is 1. The molecule has 1 aromatic carbocycles. The SMILES string of the molecule is O=C1CC2=CCCOCC2=C1c1ccccc1. The van der Waals surface area contributed by atoms with Gasteiger partial charge < -0.3 is 4.74 Å². The first-order valence-corrected chi connectivity index (χ1v) is 5.95. The number of allylic oxidation sites excluding steroid dienone is 1. The molecule has 86 valence electrons. The molecule has 2 heteroatoms. The minimum absolute atomic E-state index is 0.225. The molecular formula is C15H14O2. The summed E-state index contributed by atoms with van der Waals surface area (Å²) in [6, 6.07) is 9.89. The molecule has 0 fully saturated rings. The second-order valence-corrected chi connectivity index (χ2v) is 4.39. The zero-order chi connectivity index (χ0) is 11.7. The molecule has 3 rings (SSSR count). The van der Waals surface area contributed by atoms with Gasteiger partial charge in [0.25, 0.3) is 0 Å². The second kappa shape index (κ2) is 4.30. The Morgan fingerprint density at radius 2 is 1.94 bits per heavy atom. The number of rotatable bonds is 1. The smallest absolute Gasteiger partial charge is 0.168 e. The number of ether oxygens (including phenoxy) is 1. The third kappa shape index (κ3) is 1.85. The average molecular weight is 226 g/mol. The molecule has 0 radical (unpaired) electrons. The highest BCUT2D eigenvalue weighted by Gasteiger charge is 2.28. The predicted octanol–water partition coefficient (Wildman–Crippen LogP) is 2.76.